The molecule has 1 saturated carbocycles. The van der Waals surface area contributed by atoms with Gasteiger partial charge in [0.1, 0.15) is 18.2 Å². The van der Waals surface area contributed by atoms with Crippen molar-refractivity contribution >= 4 is 34.1 Å². The lowest BCUT2D eigenvalue weighted by molar-refractivity contribution is -0.143. The molecule has 7 nitrogen and oxygen atoms in total. The van der Waals surface area contributed by atoms with Gasteiger partial charge >= 0.3 is 5.97 Å². The number of aliphatic carboxylic acids is 1. The molecule has 0 aromatic carbocycles. The fourth-order valence-corrected chi connectivity index (χ4v) is 5.60. The summed E-state index contributed by atoms with van der Waals surface area (Å²) in [4.78, 5) is 37.1. The highest BCUT2D eigenvalue weighted by Crippen LogP contribution is 2.40. The van der Waals surface area contributed by atoms with Crippen LogP contribution in [0.1, 0.15) is 72.7 Å². The summed E-state index contributed by atoms with van der Waals surface area (Å²) in [5.41, 5.74) is 1.66. The van der Waals surface area contributed by atoms with Gasteiger partial charge in [0.15, 0.2) is 0 Å². The van der Waals surface area contributed by atoms with Crippen molar-refractivity contribution in [3.05, 3.63) is 16.0 Å². The minimum absolute atomic E-state index is 0.105. The Labute approximate surface area is 175 Å². The number of hydrogen-bond acceptors (Lipinski definition) is 5. The largest absolute Gasteiger partial charge is 0.480 e. The molecule has 0 radical (unpaired) electrons. The van der Waals surface area contributed by atoms with Gasteiger partial charge in [-0.25, -0.2) is 4.79 Å². The lowest BCUT2D eigenvalue weighted by Crippen LogP contribution is -2.37. The molecule has 0 saturated heterocycles. The third-order valence-electron chi connectivity index (χ3n) is 5.82. The van der Waals surface area contributed by atoms with Crippen molar-refractivity contribution in [2.24, 2.45) is 5.92 Å². The summed E-state index contributed by atoms with van der Waals surface area (Å²) in [6, 6.07) is 0.196. The number of carbonyl (C=O) groups is 3. The van der Waals surface area contributed by atoms with E-state index in [-0.39, 0.29) is 18.6 Å². The van der Waals surface area contributed by atoms with Gasteiger partial charge in [0.05, 0.1) is 5.56 Å². The highest BCUT2D eigenvalue weighted by atomic mass is 32.1. The van der Waals surface area contributed by atoms with Crippen LogP contribution in [0.15, 0.2) is 0 Å². The van der Waals surface area contributed by atoms with E-state index in [1.165, 1.54) is 22.6 Å². The van der Waals surface area contributed by atoms with Crippen molar-refractivity contribution < 1.29 is 24.2 Å². The van der Waals surface area contributed by atoms with Crippen molar-refractivity contribution in [3.8, 4) is 0 Å². The molecule has 1 fully saturated rings. The van der Waals surface area contributed by atoms with Crippen LogP contribution in [-0.4, -0.2) is 42.1 Å². The number of carbonyl (C=O) groups excluding carboxylic acids is 2. The Morgan fingerprint density at radius 3 is 2.59 bits per heavy atom. The Kier molecular flexibility index (Phi) is 7.66. The standard InChI is InChI=1S/C21H30N2O5S/c1-2-13-8-9-15-16(10-13)29-21(23-17(24)11-28-12-18(25)26)19(15)20(27)22-14-6-4-3-5-7-14/h13-14H,2-12H2,1H3,(H,22,27)(H,23,24)(H,25,26)/t13-/m0/s1. The first-order valence-electron chi connectivity index (χ1n) is 10.5. The Hall–Kier alpha value is -1.93. The lowest BCUT2D eigenvalue weighted by Gasteiger charge is -2.24. The summed E-state index contributed by atoms with van der Waals surface area (Å²) in [5, 5.41) is 15.2. The monoisotopic (exact) mass is 422 g/mol. The number of nitrogens with one attached hydrogen (secondary N) is 2. The molecule has 0 spiro atoms. The van der Waals surface area contributed by atoms with E-state index in [4.69, 9.17) is 9.84 Å². The van der Waals surface area contributed by atoms with E-state index in [0.717, 1.165) is 56.9 Å². The molecule has 1 heterocycles. The smallest absolute Gasteiger partial charge is 0.329 e. The third kappa shape index (κ3) is 5.79. The van der Waals surface area contributed by atoms with Crippen LogP contribution >= 0.6 is 11.3 Å². The minimum atomic E-state index is -1.12. The summed E-state index contributed by atoms with van der Waals surface area (Å²) >= 11 is 1.47. The molecular formula is C21H30N2O5S. The van der Waals surface area contributed by atoms with Crippen molar-refractivity contribution in [1.82, 2.24) is 5.32 Å². The summed E-state index contributed by atoms with van der Waals surface area (Å²) in [6.45, 7) is 1.31. The fourth-order valence-electron chi connectivity index (χ4n) is 4.23. The Morgan fingerprint density at radius 2 is 1.90 bits per heavy atom. The summed E-state index contributed by atoms with van der Waals surface area (Å²) in [7, 11) is 0. The van der Waals surface area contributed by atoms with Gasteiger partial charge < -0.3 is 20.5 Å². The van der Waals surface area contributed by atoms with Crippen molar-refractivity contribution in [2.45, 2.75) is 70.8 Å². The molecule has 3 rings (SSSR count). The highest BCUT2D eigenvalue weighted by molar-refractivity contribution is 7.17. The highest BCUT2D eigenvalue weighted by Gasteiger charge is 2.30. The van der Waals surface area contributed by atoms with E-state index in [1.54, 1.807) is 0 Å². The molecule has 1 aromatic rings. The average molecular weight is 423 g/mol. The summed E-state index contributed by atoms with van der Waals surface area (Å²) < 4.78 is 4.88. The molecule has 0 bridgehead atoms. The molecule has 2 aliphatic rings. The SMILES string of the molecule is CC[C@H]1CCc2c(sc(NC(=O)COCC(=O)O)c2C(=O)NC2CCCCC2)C1. The predicted octanol–water partition coefficient (Wildman–Crippen LogP) is 3.37. The van der Waals surface area contributed by atoms with Crippen LogP contribution in [0.25, 0.3) is 0 Å². The molecular weight excluding hydrogens is 392 g/mol. The predicted molar refractivity (Wildman–Crippen MR) is 112 cm³/mol. The number of carboxylic acid groups (broad SMARTS) is 1. The van der Waals surface area contributed by atoms with Crippen molar-refractivity contribution in [1.29, 1.82) is 0 Å². The number of fused-ring (bicyclic) bond motifs is 1. The number of carboxylic acids is 1. The van der Waals surface area contributed by atoms with E-state index in [1.807, 2.05) is 0 Å². The normalized spacial score (nSPS) is 19.4. The van der Waals surface area contributed by atoms with Crippen LogP contribution in [0.5, 0.6) is 0 Å². The van der Waals surface area contributed by atoms with Crippen molar-refractivity contribution in [2.75, 3.05) is 18.5 Å². The second kappa shape index (κ2) is 10.2. The van der Waals surface area contributed by atoms with Crippen LogP contribution in [-0.2, 0) is 27.2 Å². The minimum Gasteiger partial charge on any atom is -0.480 e. The third-order valence-corrected chi connectivity index (χ3v) is 6.99. The van der Waals surface area contributed by atoms with Gasteiger partial charge in [-0.1, -0.05) is 32.6 Å². The lowest BCUT2D eigenvalue weighted by atomic mass is 9.85. The molecule has 0 unspecified atom stereocenters. The Balaban J connectivity index is 1.76. The van der Waals surface area contributed by atoms with E-state index < -0.39 is 18.5 Å². The second-order valence-electron chi connectivity index (χ2n) is 7.97. The van der Waals surface area contributed by atoms with Crippen LogP contribution in [0.3, 0.4) is 0 Å². The first-order chi connectivity index (χ1) is 14.0. The van der Waals surface area contributed by atoms with Gasteiger partial charge in [0, 0.05) is 10.9 Å². The first-order valence-corrected chi connectivity index (χ1v) is 11.3. The zero-order valence-electron chi connectivity index (χ0n) is 16.9. The first kappa shape index (κ1) is 21.8. The Morgan fingerprint density at radius 1 is 1.14 bits per heavy atom. The van der Waals surface area contributed by atoms with Crippen LogP contribution < -0.4 is 10.6 Å². The second-order valence-corrected chi connectivity index (χ2v) is 9.07. The number of anilines is 1. The number of rotatable bonds is 8. The zero-order chi connectivity index (χ0) is 20.8. The van der Waals surface area contributed by atoms with Crippen LogP contribution in [0, 0.1) is 5.92 Å². The molecule has 160 valence electrons. The topological polar surface area (TPSA) is 105 Å². The van der Waals surface area contributed by atoms with Crippen LogP contribution in [0.4, 0.5) is 5.00 Å². The molecule has 2 amide bonds. The summed E-state index contributed by atoms with van der Waals surface area (Å²) in [6.07, 6.45) is 9.43. The van der Waals surface area contributed by atoms with Gasteiger partial charge in [0.2, 0.25) is 0 Å². The maximum Gasteiger partial charge on any atom is 0.329 e. The molecule has 29 heavy (non-hydrogen) atoms. The maximum absolute atomic E-state index is 13.1. The summed E-state index contributed by atoms with van der Waals surface area (Å²) in [5.74, 6) is -1.06. The van der Waals surface area contributed by atoms with Gasteiger partial charge in [-0.3, -0.25) is 9.59 Å². The number of thiophene rings is 1. The quantitative estimate of drug-likeness (QED) is 0.596. The van der Waals surface area contributed by atoms with E-state index in [9.17, 15) is 14.4 Å². The fraction of sp³-hybridized carbons (Fsp3) is 0.667. The number of hydrogen-bond donors (Lipinski definition) is 3. The Bertz CT molecular complexity index is 754. The van der Waals surface area contributed by atoms with E-state index in [2.05, 4.69) is 17.6 Å². The average Bonchev–Trinajstić information content (AvgIpc) is 3.05. The van der Waals surface area contributed by atoms with Gasteiger partial charge in [-0.2, -0.15) is 0 Å². The molecule has 8 heteroatoms. The molecule has 1 atom stereocenters. The van der Waals surface area contributed by atoms with Gasteiger partial charge in [0.25, 0.3) is 11.8 Å². The maximum atomic E-state index is 13.1. The van der Waals surface area contributed by atoms with Crippen molar-refractivity contribution in [3.63, 3.8) is 0 Å². The zero-order valence-corrected chi connectivity index (χ0v) is 17.7. The van der Waals surface area contributed by atoms with Gasteiger partial charge in [-0.05, 0) is 43.6 Å². The molecule has 0 aliphatic heterocycles. The van der Waals surface area contributed by atoms with Crippen LogP contribution in [0.2, 0.25) is 0 Å². The molecule has 3 N–H and O–H groups in total. The molecule has 2 aliphatic carbocycles. The van der Waals surface area contributed by atoms with Gasteiger partial charge in [-0.15, -0.1) is 11.3 Å². The van der Waals surface area contributed by atoms with E-state index >= 15 is 0 Å². The number of ether oxygens (including phenoxy) is 1. The number of amides is 2. The molecule has 1 aromatic heterocycles. The van der Waals surface area contributed by atoms with E-state index in [0.29, 0.717) is 16.5 Å².